The Morgan fingerprint density at radius 2 is 2.36 bits per heavy atom. The average Bonchev–Trinajstić information content (AvgIpc) is 2.61. The molecule has 1 aliphatic rings. The van der Waals surface area contributed by atoms with Gasteiger partial charge in [0.2, 0.25) is 0 Å². The van der Waals surface area contributed by atoms with Gasteiger partial charge in [0.25, 0.3) is 5.91 Å². The van der Waals surface area contributed by atoms with Crippen LogP contribution in [0.15, 0.2) is 0 Å². The van der Waals surface area contributed by atoms with Crippen LogP contribution >= 0.6 is 15.9 Å². The number of alkyl halides is 1. The van der Waals surface area contributed by atoms with Gasteiger partial charge in [0.1, 0.15) is 6.10 Å². The first-order valence-electron chi connectivity index (χ1n) is 5.02. The monoisotopic (exact) mass is 263 g/mol. The largest absolute Gasteiger partial charge is 0.368 e. The molecule has 14 heavy (non-hydrogen) atoms. The predicted octanol–water partition coefficient (Wildman–Crippen LogP) is 1.65. The highest BCUT2D eigenvalue weighted by molar-refractivity contribution is 9.09. The van der Waals surface area contributed by atoms with Crippen molar-refractivity contribution >= 4 is 21.8 Å². The zero-order valence-corrected chi connectivity index (χ0v) is 10.6. The van der Waals surface area contributed by atoms with Crippen LogP contribution in [0.2, 0.25) is 0 Å². The van der Waals surface area contributed by atoms with Crippen molar-refractivity contribution in [1.29, 1.82) is 0 Å². The molecular formula is C10H18BrNO2. The van der Waals surface area contributed by atoms with Crippen molar-refractivity contribution in [3.8, 4) is 0 Å². The van der Waals surface area contributed by atoms with Crippen molar-refractivity contribution in [2.75, 3.05) is 19.0 Å². The van der Waals surface area contributed by atoms with Gasteiger partial charge in [-0.15, -0.1) is 0 Å². The van der Waals surface area contributed by atoms with Crippen molar-refractivity contribution in [1.82, 2.24) is 4.90 Å². The summed E-state index contributed by atoms with van der Waals surface area (Å²) < 4.78 is 5.44. The van der Waals surface area contributed by atoms with Gasteiger partial charge in [0.05, 0.1) is 0 Å². The molecular weight excluding hydrogens is 246 g/mol. The van der Waals surface area contributed by atoms with E-state index >= 15 is 0 Å². The molecule has 0 aliphatic carbocycles. The van der Waals surface area contributed by atoms with Gasteiger partial charge in [-0.3, -0.25) is 4.79 Å². The molecule has 0 aromatic rings. The Balaban J connectivity index is 2.55. The molecule has 0 aromatic heterocycles. The van der Waals surface area contributed by atoms with Gasteiger partial charge < -0.3 is 9.64 Å². The molecule has 82 valence electrons. The molecule has 0 bridgehead atoms. The van der Waals surface area contributed by atoms with Crippen LogP contribution in [0.4, 0.5) is 0 Å². The number of hydrogen-bond donors (Lipinski definition) is 0. The second-order valence-corrected chi connectivity index (χ2v) is 4.66. The third-order valence-corrected chi connectivity index (χ3v) is 3.80. The fourth-order valence-corrected chi connectivity index (χ4v) is 1.97. The lowest BCUT2D eigenvalue weighted by Crippen LogP contribution is -2.44. The molecule has 0 radical (unpaired) electrons. The molecule has 1 fully saturated rings. The Bertz CT molecular complexity index is 210. The van der Waals surface area contributed by atoms with E-state index in [4.69, 9.17) is 4.74 Å². The second kappa shape index (κ2) is 5.12. The number of halogens is 1. The lowest BCUT2D eigenvalue weighted by molar-refractivity contribution is -0.142. The number of ether oxygens (including phenoxy) is 1. The summed E-state index contributed by atoms with van der Waals surface area (Å²) in [6.07, 6.45) is 0.772. The topological polar surface area (TPSA) is 29.5 Å². The second-order valence-electron chi connectivity index (χ2n) is 4.01. The van der Waals surface area contributed by atoms with Crippen LogP contribution in [0.25, 0.3) is 0 Å². The Hall–Kier alpha value is -0.0900. The molecule has 0 N–H and O–H groups in total. The molecule has 1 aliphatic heterocycles. The van der Waals surface area contributed by atoms with Gasteiger partial charge in [-0.1, -0.05) is 22.9 Å². The van der Waals surface area contributed by atoms with Crippen LogP contribution in [-0.2, 0) is 9.53 Å². The molecule has 0 aromatic carbocycles. The minimum atomic E-state index is -0.221. The first-order valence-corrected chi connectivity index (χ1v) is 6.14. The van der Waals surface area contributed by atoms with Gasteiger partial charge in [0.15, 0.2) is 0 Å². The summed E-state index contributed by atoms with van der Waals surface area (Å²) in [5, 5.41) is 0.802. The van der Waals surface area contributed by atoms with Crippen LogP contribution in [0, 0.1) is 5.92 Å². The Morgan fingerprint density at radius 1 is 1.71 bits per heavy atom. The number of amides is 1. The maximum Gasteiger partial charge on any atom is 0.251 e. The van der Waals surface area contributed by atoms with Crippen LogP contribution in [-0.4, -0.2) is 41.9 Å². The molecule has 1 amide bonds. The Kier molecular flexibility index (Phi) is 4.38. The van der Waals surface area contributed by atoms with Crippen LogP contribution in [0.3, 0.4) is 0 Å². The zero-order chi connectivity index (χ0) is 10.7. The number of nitrogens with zero attached hydrogens (tertiary/aromatic N) is 1. The van der Waals surface area contributed by atoms with Crippen molar-refractivity contribution < 1.29 is 9.53 Å². The van der Waals surface area contributed by atoms with Gasteiger partial charge in [-0.2, -0.15) is 0 Å². The lowest BCUT2D eigenvalue weighted by atomic mass is 10.0. The normalized spacial score (nSPS) is 28.9. The van der Waals surface area contributed by atoms with Crippen molar-refractivity contribution in [3.05, 3.63) is 0 Å². The fourth-order valence-electron chi connectivity index (χ4n) is 1.53. The van der Waals surface area contributed by atoms with E-state index in [2.05, 4.69) is 22.9 Å². The number of carbonyl (C=O) groups excluding carboxylic acids is 1. The van der Waals surface area contributed by atoms with E-state index in [0.717, 1.165) is 11.8 Å². The molecule has 3 unspecified atom stereocenters. The summed E-state index contributed by atoms with van der Waals surface area (Å²) in [6, 6.07) is 0.221. The maximum atomic E-state index is 11.9. The summed E-state index contributed by atoms with van der Waals surface area (Å²) in [5.74, 6) is 0.467. The SMILES string of the molecule is CC1CCOC1C(=O)N(C)C(C)CBr. The van der Waals surface area contributed by atoms with Crippen molar-refractivity contribution in [3.63, 3.8) is 0 Å². The van der Waals surface area contributed by atoms with E-state index in [1.807, 2.05) is 14.0 Å². The quantitative estimate of drug-likeness (QED) is 0.725. The van der Waals surface area contributed by atoms with E-state index in [9.17, 15) is 4.79 Å². The fraction of sp³-hybridized carbons (Fsp3) is 0.900. The molecule has 1 rings (SSSR count). The average molecular weight is 264 g/mol. The highest BCUT2D eigenvalue weighted by Gasteiger charge is 2.33. The van der Waals surface area contributed by atoms with Gasteiger partial charge >= 0.3 is 0 Å². The van der Waals surface area contributed by atoms with Crippen LogP contribution in [0.5, 0.6) is 0 Å². The van der Waals surface area contributed by atoms with Crippen LogP contribution in [0.1, 0.15) is 20.3 Å². The Labute approximate surface area is 93.9 Å². The molecule has 1 saturated heterocycles. The third-order valence-electron chi connectivity index (χ3n) is 2.86. The van der Waals surface area contributed by atoms with Crippen molar-refractivity contribution in [2.45, 2.75) is 32.4 Å². The summed E-state index contributed by atoms with van der Waals surface area (Å²) in [7, 11) is 1.84. The standard InChI is InChI=1S/C10H18BrNO2/c1-7-4-5-14-9(7)10(13)12(3)8(2)6-11/h7-9H,4-6H2,1-3H3. The van der Waals surface area contributed by atoms with Gasteiger partial charge in [-0.05, 0) is 19.3 Å². The molecule has 3 nitrogen and oxygen atoms in total. The first-order chi connectivity index (χ1) is 6.57. The van der Waals surface area contributed by atoms with E-state index in [0.29, 0.717) is 12.5 Å². The van der Waals surface area contributed by atoms with Gasteiger partial charge in [0, 0.05) is 25.0 Å². The van der Waals surface area contributed by atoms with Crippen molar-refractivity contribution in [2.24, 2.45) is 5.92 Å². The van der Waals surface area contributed by atoms with Crippen LogP contribution < -0.4 is 0 Å². The molecule has 4 heteroatoms. The van der Waals surface area contributed by atoms with E-state index in [-0.39, 0.29) is 18.1 Å². The first kappa shape index (κ1) is 12.0. The molecule has 0 spiro atoms. The third kappa shape index (κ3) is 2.48. The minimum absolute atomic E-state index is 0.113. The molecule has 0 saturated carbocycles. The summed E-state index contributed by atoms with van der Waals surface area (Å²) >= 11 is 3.37. The van der Waals surface area contributed by atoms with E-state index < -0.39 is 0 Å². The lowest BCUT2D eigenvalue weighted by Gasteiger charge is -2.27. The minimum Gasteiger partial charge on any atom is -0.368 e. The summed E-state index contributed by atoms with van der Waals surface area (Å²) in [4.78, 5) is 13.7. The predicted molar refractivity (Wildman–Crippen MR) is 59.5 cm³/mol. The smallest absolute Gasteiger partial charge is 0.251 e. The molecule has 1 heterocycles. The number of likely N-dealkylation sites (N-methyl/N-ethyl adjacent to an activating group) is 1. The maximum absolute atomic E-state index is 11.9. The number of rotatable bonds is 3. The highest BCUT2D eigenvalue weighted by Crippen LogP contribution is 2.22. The highest BCUT2D eigenvalue weighted by atomic mass is 79.9. The number of hydrogen-bond acceptors (Lipinski definition) is 2. The zero-order valence-electron chi connectivity index (χ0n) is 9.00. The Morgan fingerprint density at radius 3 is 2.79 bits per heavy atom. The summed E-state index contributed by atoms with van der Waals surface area (Å²) in [5.41, 5.74) is 0. The summed E-state index contributed by atoms with van der Waals surface area (Å²) in [6.45, 7) is 4.81. The van der Waals surface area contributed by atoms with E-state index in [1.54, 1.807) is 4.90 Å². The van der Waals surface area contributed by atoms with E-state index in [1.165, 1.54) is 0 Å². The molecule has 3 atom stereocenters. The van der Waals surface area contributed by atoms with Gasteiger partial charge in [-0.25, -0.2) is 0 Å². The number of carbonyl (C=O) groups is 1.